The molecule has 0 saturated heterocycles. The minimum absolute atomic E-state index is 0.531. The maximum atomic E-state index is 11.3. The van der Waals surface area contributed by atoms with Gasteiger partial charge in [-0.3, -0.25) is 0 Å². The molecule has 0 fully saturated rings. The highest BCUT2D eigenvalue weighted by Gasteiger charge is 2.31. The number of hydrogen-bond donors (Lipinski definition) is 1. The number of rotatable bonds is 37. The van der Waals surface area contributed by atoms with Crippen molar-refractivity contribution in [2.75, 3.05) is 13.2 Å². The molecule has 0 amide bonds. The summed E-state index contributed by atoms with van der Waals surface area (Å²) in [5.41, 5.74) is 0.697. The van der Waals surface area contributed by atoms with Gasteiger partial charge in [-0.1, -0.05) is 237 Å². The lowest BCUT2D eigenvalue weighted by atomic mass is 10.0. The number of unbranched alkanes of at least 4 members (excludes halogenated alkanes) is 30. The predicted molar refractivity (Wildman–Crippen MR) is 201 cm³/mol. The smallest absolute Gasteiger partial charge is 0.309 e. The van der Waals surface area contributed by atoms with Gasteiger partial charge in [0.05, 0.1) is 13.2 Å². The van der Waals surface area contributed by atoms with Gasteiger partial charge in [-0.05, 0) is 12.8 Å². The zero-order valence-corrected chi connectivity index (χ0v) is 31.2. The van der Waals surface area contributed by atoms with Crippen LogP contribution >= 0.6 is 0 Å². The van der Waals surface area contributed by atoms with Crippen molar-refractivity contribution in [3.63, 3.8) is 0 Å². The molecule has 0 unspecified atom stereocenters. The maximum Gasteiger partial charge on any atom is 0.309 e. The SMILES string of the molecule is CCCCCCCCCCCCCCCCCCOC(O)(OCCCCCCCCCCCCCCCCCC)c1ccccc1. The molecule has 0 aliphatic carbocycles. The van der Waals surface area contributed by atoms with Crippen LogP contribution in [-0.2, 0) is 15.4 Å². The molecule has 0 heterocycles. The molecule has 1 aromatic rings. The second-order valence-electron chi connectivity index (χ2n) is 14.3. The molecular formula is C43H80O3. The van der Waals surface area contributed by atoms with Crippen LogP contribution in [0.25, 0.3) is 0 Å². The third-order valence-corrected chi connectivity index (χ3v) is 9.73. The van der Waals surface area contributed by atoms with E-state index in [0.29, 0.717) is 18.8 Å². The monoisotopic (exact) mass is 645 g/mol. The van der Waals surface area contributed by atoms with Crippen LogP contribution in [0, 0.1) is 0 Å². The van der Waals surface area contributed by atoms with E-state index in [9.17, 15) is 5.11 Å². The summed E-state index contributed by atoms with van der Waals surface area (Å²) >= 11 is 0. The van der Waals surface area contributed by atoms with Gasteiger partial charge in [0.1, 0.15) is 0 Å². The van der Waals surface area contributed by atoms with Crippen LogP contribution in [-0.4, -0.2) is 18.3 Å². The third-order valence-electron chi connectivity index (χ3n) is 9.73. The summed E-state index contributed by atoms with van der Waals surface area (Å²) in [6.45, 7) is 5.64. The zero-order valence-electron chi connectivity index (χ0n) is 31.2. The zero-order chi connectivity index (χ0) is 33.1. The largest absolute Gasteiger partial charge is 0.339 e. The van der Waals surface area contributed by atoms with Crippen LogP contribution in [0.2, 0.25) is 0 Å². The molecule has 1 N–H and O–H groups in total. The van der Waals surface area contributed by atoms with E-state index in [1.165, 1.54) is 180 Å². The lowest BCUT2D eigenvalue weighted by Crippen LogP contribution is -2.33. The highest BCUT2D eigenvalue weighted by molar-refractivity contribution is 5.18. The molecule has 0 bridgehead atoms. The van der Waals surface area contributed by atoms with E-state index in [4.69, 9.17) is 9.47 Å². The summed E-state index contributed by atoms with van der Waals surface area (Å²) < 4.78 is 12.0. The molecule has 0 spiro atoms. The summed E-state index contributed by atoms with van der Waals surface area (Å²) in [7, 11) is 0. The minimum Gasteiger partial charge on any atom is -0.339 e. The van der Waals surface area contributed by atoms with Crippen LogP contribution in [0.15, 0.2) is 30.3 Å². The van der Waals surface area contributed by atoms with Crippen molar-refractivity contribution in [2.45, 2.75) is 225 Å². The number of ether oxygens (including phenoxy) is 2. The number of benzene rings is 1. The van der Waals surface area contributed by atoms with E-state index in [1.807, 2.05) is 30.3 Å². The molecule has 270 valence electrons. The Bertz CT molecular complexity index is 667. The van der Waals surface area contributed by atoms with Gasteiger partial charge in [-0.2, -0.15) is 0 Å². The molecule has 0 aliphatic heterocycles. The Balaban J connectivity index is 2.01. The fourth-order valence-electron chi connectivity index (χ4n) is 6.58. The van der Waals surface area contributed by atoms with E-state index in [1.54, 1.807) is 0 Å². The van der Waals surface area contributed by atoms with Crippen molar-refractivity contribution in [3.8, 4) is 0 Å². The molecule has 0 aromatic heterocycles. The predicted octanol–water partition coefficient (Wildman–Crippen LogP) is 14.3. The highest BCUT2D eigenvalue weighted by Crippen LogP contribution is 2.26. The number of aliphatic hydroxyl groups is 1. The highest BCUT2D eigenvalue weighted by atomic mass is 16.8. The normalized spacial score (nSPS) is 11.9. The van der Waals surface area contributed by atoms with Gasteiger partial charge < -0.3 is 14.6 Å². The van der Waals surface area contributed by atoms with Crippen LogP contribution in [0.3, 0.4) is 0 Å². The summed E-state index contributed by atoms with van der Waals surface area (Å²) in [4.78, 5) is 0. The second kappa shape index (κ2) is 34.0. The first-order valence-corrected chi connectivity index (χ1v) is 20.8. The van der Waals surface area contributed by atoms with Crippen LogP contribution in [0.1, 0.15) is 225 Å². The summed E-state index contributed by atoms with van der Waals surface area (Å²) in [5.74, 6) is -1.63. The van der Waals surface area contributed by atoms with Gasteiger partial charge in [0, 0.05) is 5.56 Å². The first-order valence-electron chi connectivity index (χ1n) is 20.8. The van der Waals surface area contributed by atoms with E-state index in [-0.39, 0.29) is 0 Å². The van der Waals surface area contributed by atoms with Gasteiger partial charge in [0.25, 0.3) is 0 Å². The third kappa shape index (κ3) is 27.1. The maximum absolute atomic E-state index is 11.3. The quantitative estimate of drug-likeness (QED) is 0.0578. The Labute approximate surface area is 288 Å². The molecule has 3 nitrogen and oxygen atoms in total. The number of hydrogen-bond acceptors (Lipinski definition) is 3. The molecule has 0 radical (unpaired) electrons. The van der Waals surface area contributed by atoms with E-state index in [2.05, 4.69) is 13.8 Å². The first kappa shape index (κ1) is 43.1. The lowest BCUT2D eigenvalue weighted by Gasteiger charge is -2.28. The Morgan fingerprint density at radius 3 is 0.870 bits per heavy atom. The molecule has 0 aliphatic rings. The average molecular weight is 645 g/mol. The lowest BCUT2D eigenvalue weighted by molar-refractivity contribution is -0.373. The molecular weight excluding hydrogens is 564 g/mol. The Morgan fingerprint density at radius 1 is 0.370 bits per heavy atom. The van der Waals surface area contributed by atoms with E-state index < -0.39 is 5.97 Å². The molecule has 3 heteroatoms. The van der Waals surface area contributed by atoms with Crippen LogP contribution in [0.5, 0.6) is 0 Å². The summed E-state index contributed by atoms with van der Waals surface area (Å²) in [5, 5.41) is 11.3. The van der Waals surface area contributed by atoms with Gasteiger partial charge in [-0.15, -0.1) is 0 Å². The minimum atomic E-state index is -1.63. The fraction of sp³-hybridized carbons (Fsp3) is 0.860. The molecule has 1 aromatic carbocycles. The topological polar surface area (TPSA) is 38.7 Å². The van der Waals surface area contributed by atoms with Crippen molar-refractivity contribution in [2.24, 2.45) is 0 Å². The van der Waals surface area contributed by atoms with E-state index >= 15 is 0 Å². The average Bonchev–Trinajstić information content (AvgIpc) is 3.08. The fourth-order valence-corrected chi connectivity index (χ4v) is 6.58. The van der Waals surface area contributed by atoms with Gasteiger partial charge in [0.15, 0.2) is 0 Å². The Morgan fingerprint density at radius 2 is 0.609 bits per heavy atom. The molecule has 46 heavy (non-hydrogen) atoms. The molecule has 1 rings (SSSR count). The molecule has 0 atom stereocenters. The van der Waals surface area contributed by atoms with E-state index in [0.717, 1.165) is 25.7 Å². The van der Waals surface area contributed by atoms with Crippen molar-refractivity contribution in [3.05, 3.63) is 35.9 Å². The summed E-state index contributed by atoms with van der Waals surface area (Å²) in [6.07, 6.45) is 43.3. The summed E-state index contributed by atoms with van der Waals surface area (Å²) in [6, 6.07) is 9.66. The van der Waals surface area contributed by atoms with Crippen molar-refractivity contribution < 1.29 is 14.6 Å². The van der Waals surface area contributed by atoms with Crippen molar-refractivity contribution in [1.29, 1.82) is 0 Å². The Kier molecular flexibility index (Phi) is 31.9. The van der Waals surface area contributed by atoms with Crippen LogP contribution in [0.4, 0.5) is 0 Å². The standard InChI is InChI=1S/C43H80O3/c1-3-5-7-9-11-13-15-17-19-21-23-25-27-29-31-36-40-45-43(44,42-38-34-33-35-39-42)46-41-37-32-30-28-26-24-22-20-18-16-14-12-10-8-6-4-2/h33-35,38-39,44H,3-32,36-37,40-41H2,1-2H3. The molecule has 0 saturated carbocycles. The van der Waals surface area contributed by atoms with Gasteiger partial charge >= 0.3 is 5.97 Å². The Hall–Kier alpha value is -0.900. The van der Waals surface area contributed by atoms with Gasteiger partial charge in [-0.25, -0.2) is 0 Å². The van der Waals surface area contributed by atoms with Gasteiger partial charge in [0.2, 0.25) is 0 Å². The van der Waals surface area contributed by atoms with Crippen molar-refractivity contribution >= 4 is 0 Å². The van der Waals surface area contributed by atoms with Crippen LogP contribution < -0.4 is 0 Å². The first-order chi connectivity index (χ1) is 22.7. The van der Waals surface area contributed by atoms with Crippen molar-refractivity contribution in [1.82, 2.24) is 0 Å². The second-order valence-corrected chi connectivity index (χ2v) is 14.3.